The second-order valence-corrected chi connectivity index (χ2v) is 5.15. The molecule has 1 atom stereocenters. The maximum atomic E-state index is 11.3. The molecule has 0 aliphatic rings. The summed E-state index contributed by atoms with van der Waals surface area (Å²) in [5.74, 6) is -1.20. The van der Waals surface area contributed by atoms with E-state index in [-0.39, 0.29) is 12.4 Å². The van der Waals surface area contributed by atoms with Crippen LogP contribution in [0, 0.1) is 0 Å². The van der Waals surface area contributed by atoms with Gasteiger partial charge in [-0.25, -0.2) is 9.78 Å². The van der Waals surface area contributed by atoms with Crippen LogP contribution in [0.2, 0.25) is 0 Å². The van der Waals surface area contributed by atoms with Crippen molar-refractivity contribution in [3.05, 3.63) is 0 Å². The molecule has 0 amide bonds. The fourth-order valence-electron chi connectivity index (χ4n) is 1.22. The minimum Gasteiger partial charge on any atom is -0.466 e. The lowest BCUT2D eigenvalue weighted by Crippen LogP contribution is -2.36. The average molecular weight is 262 g/mol. The first-order chi connectivity index (χ1) is 8.22. The monoisotopic (exact) mass is 262 g/mol. The number of carbonyl (C=O) groups is 1. The normalized spacial score (nSPS) is 15.2. The summed E-state index contributed by atoms with van der Waals surface area (Å²) in [5.41, 5.74) is -0.428. The van der Waals surface area contributed by atoms with E-state index in [1.807, 2.05) is 27.7 Å². The molecule has 0 aromatic carbocycles. The SMILES string of the molecule is CCOC(=O)CCC(C)(OCC)OOC(C)(C)C. The minimum absolute atomic E-state index is 0.234. The molecule has 0 heterocycles. The topological polar surface area (TPSA) is 54.0 Å². The lowest BCUT2D eigenvalue weighted by Gasteiger charge is -2.31. The van der Waals surface area contributed by atoms with Crippen LogP contribution in [0.25, 0.3) is 0 Å². The predicted octanol–water partition coefficient (Wildman–Crippen LogP) is 2.83. The van der Waals surface area contributed by atoms with Crippen LogP contribution in [0.15, 0.2) is 0 Å². The van der Waals surface area contributed by atoms with Gasteiger partial charge in [-0.3, -0.25) is 4.79 Å². The molecule has 1 unspecified atom stereocenters. The fourth-order valence-corrected chi connectivity index (χ4v) is 1.22. The molecule has 5 heteroatoms. The summed E-state index contributed by atoms with van der Waals surface area (Å²) in [6.07, 6.45) is 0.619. The maximum Gasteiger partial charge on any atom is 0.305 e. The molecule has 0 aliphatic heterocycles. The zero-order valence-electron chi connectivity index (χ0n) is 12.4. The molecule has 0 aromatic rings. The van der Waals surface area contributed by atoms with Crippen molar-refractivity contribution in [2.24, 2.45) is 0 Å². The first-order valence-electron chi connectivity index (χ1n) is 6.39. The van der Waals surface area contributed by atoms with E-state index < -0.39 is 11.4 Å². The summed E-state index contributed by atoms with van der Waals surface area (Å²) in [5, 5.41) is 0. The number of hydrogen-bond acceptors (Lipinski definition) is 5. The highest BCUT2D eigenvalue weighted by molar-refractivity contribution is 5.69. The van der Waals surface area contributed by atoms with Crippen LogP contribution < -0.4 is 0 Å². The second-order valence-electron chi connectivity index (χ2n) is 5.15. The number of ether oxygens (including phenoxy) is 2. The second kappa shape index (κ2) is 7.71. The summed E-state index contributed by atoms with van der Waals surface area (Å²) >= 11 is 0. The van der Waals surface area contributed by atoms with Crippen molar-refractivity contribution in [3.63, 3.8) is 0 Å². The molecule has 0 saturated heterocycles. The van der Waals surface area contributed by atoms with Gasteiger partial charge in [0.15, 0.2) is 5.79 Å². The Morgan fingerprint density at radius 2 is 1.61 bits per heavy atom. The van der Waals surface area contributed by atoms with Crippen LogP contribution in [-0.4, -0.2) is 30.6 Å². The van der Waals surface area contributed by atoms with Crippen molar-refractivity contribution < 1.29 is 24.0 Å². The van der Waals surface area contributed by atoms with E-state index in [0.29, 0.717) is 19.6 Å². The van der Waals surface area contributed by atoms with Crippen molar-refractivity contribution in [2.45, 2.75) is 65.8 Å². The summed E-state index contributed by atoms with van der Waals surface area (Å²) in [6, 6.07) is 0. The van der Waals surface area contributed by atoms with Crippen LogP contribution in [0.4, 0.5) is 0 Å². The van der Waals surface area contributed by atoms with Gasteiger partial charge in [-0.05, 0) is 41.5 Å². The van der Waals surface area contributed by atoms with Crippen LogP contribution in [0.5, 0.6) is 0 Å². The van der Waals surface area contributed by atoms with Gasteiger partial charge in [-0.15, -0.1) is 0 Å². The highest BCUT2D eigenvalue weighted by atomic mass is 17.2. The van der Waals surface area contributed by atoms with Crippen LogP contribution in [0.1, 0.15) is 54.4 Å². The van der Waals surface area contributed by atoms with Gasteiger partial charge in [0.1, 0.15) is 0 Å². The summed E-state index contributed by atoms with van der Waals surface area (Å²) in [7, 11) is 0. The summed E-state index contributed by atoms with van der Waals surface area (Å²) < 4.78 is 10.4. The molecule has 0 spiro atoms. The third kappa shape index (κ3) is 8.44. The zero-order valence-corrected chi connectivity index (χ0v) is 12.4. The number of carbonyl (C=O) groups excluding carboxylic acids is 1. The Hall–Kier alpha value is -0.650. The van der Waals surface area contributed by atoms with E-state index in [1.165, 1.54) is 0 Å². The molecule has 0 aliphatic carbocycles. The molecular formula is C13H26O5. The van der Waals surface area contributed by atoms with Crippen molar-refractivity contribution in [3.8, 4) is 0 Å². The first kappa shape index (κ1) is 17.4. The Morgan fingerprint density at radius 1 is 1.00 bits per heavy atom. The van der Waals surface area contributed by atoms with Crippen molar-refractivity contribution in [1.82, 2.24) is 0 Å². The van der Waals surface area contributed by atoms with E-state index in [0.717, 1.165) is 0 Å². The third-order valence-electron chi connectivity index (χ3n) is 2.01. The molecule has 0 bridgehead atoms. The van der Waals surface area contributed by atoms with Gasteiger partial charge in [0, 0.05) is 13.0 Å². The fraction of sp³-hybridized carbons (Fsp3) is 0.923. The van der Waals surface area contributed by atoms with Gasteiger partial charge in [-0.2, -0.15) is 0 Å². The molecule has 0 saturated carbocycles. The molecule has 0 N–H and O–H groups in total. The molecule has 0 fully saturated rings. The van der Waals surface area contributed by atoms with Crippen LogP contribution in [0.3, 0.4) is 0 Å². The molecule has 5 nitrogen and oxygen atoms in total. The molecule has 18 heavy (non-hydrogen) atoms. The van der Waals surface area contributed by atoms with Gasteiger partial charge >= 0.3 is 5.97 Å². The van der Waals surface area contributed by atoms with E-state index in [9.17, 15) is 4.79 Å². The Bertz CT molecular complexity index is 246. The van der Waals surface area contributed by atoms with Crippen LogP contribution >= 0.6 is 0 Å². The molecule has 108 valence electrons. The van der Waals surface area contributed by atoms with Crippen molar-refractivity contribution >= 4 is 5.97 Å². The lowest BCUT2D eigenvalue weighted by molar-refractivity contribution is -0.455. The highest BCUT2D eigenvalue weighted by Gasteiger charge is 2.30. The Labute approximate surface area is 110 Å². The number of hydrogen-bond donors (Lipinski definition) is 0. The maximum absolute atomic E-state index is 11.3. The molecule has 0 rings (SSSR count). The van der Waals surface area contributed by atoms with E-state index in [4.69, 9.17) is 19.2 Å². The lowest BCUT2D eigenvalue weighted by atomic mass is 10.1. The van der Waals surface area contributed by atoms with E-state index >= 15 is 0 Å². The number of esters is 1. The highest BCUT2D eigenvalue weighted by Crippen LogP contribution is 2.23. The van der Waals surface area contributed by atoms with Gasteiger partial charge < -0.3 is 9.47 Å². The summed E-state index contributed by atoms with van der Waals surface area (Å²) in [4.78, 5) is 21.9. The number of rotatable bonds is 8. The molecular weight excluding hydrogens is 236 g/mol. The Morgan fingerprint density at radius 3 is 2.06 bits per heavy atom. The minimum atomic E-state index is -0.936. The Balaban J connectivity index is 4.28. The average Bonchev–Trinajstić information content (AvgIpc) is 2.24. The van der Waals surface area contributed by atoms with Crippen molar-refractivity contribution in [2.75, 3.05) is 13.2 Å². The molecule has 0 aromatic heterocycles. The van der Waals surface area contributed by atoms with E-state index in [2.05, 4.69) is 0 Å². The first-order valence-corrected chi connectivity index (χ1v) is 6.39. The van der Waals surface area contributed by atoms with Gasteiger partial charge in [0.2, 0.25) is 0 Å². The summed E-state index contributed by atoms with van der Waals surface area (Å²) in [6.45, 7) is 11.9. The largest absolute Gasteiger partial charge is 0.466 e. The standard InChI is InChI=1S/C13H26O5/c1-7-15-11(14)9-10-13(6,16-8-2)18-17-12(3,4)5/h7-10H2,1-6H3. The quantitative estimate of drug-likeness (QED) is 0.291. The molecule has 0 radical (unpaired) electrons. The van der Waals surface area contributed by atoms with Gasteiger partial charge in [-0.1, -0.05) is 0 Å². The predicted molar refractivity (Wildman–Crippen MR) is 67.8 cm³/mol. The van der Waals surface area contributed by atoms with E-state index in [1.54, 1.807) is 13.8 Å². The van der Waals surface area contributed by atoms with Gasteiger partial charge in [0.25, 0.3) is 0 Å². The van der Waals surface area contributed by atoms with Crippen LogP contribution in [-0.2, 0) is 24.0 Å². The Kier molecular flexibility index (Phi) is 7.43. The smallest absolute Gasteiger partial charge is 0.305 e. The third-order valence-corrected chi connectivity index (χ3v) is 2.01. The van der Waals surface area contributed by atoms with Crippen molar-refractivity contribution in [1.29, 1.82) is 0 Å². The van der Waals surface area contributed by atoms with Gasteiger partial charge in [0.05, 0.1) is 18.6 Å². The zero-order chi connectivity index (χ0) is 14.2.